The summed E-state index contributed by atoms with van der Waals surface area (Å²) in [5, 5.41) is 2.05. The van der Waals surface area contributed by atoms with E-state index in [4.69, 9.17) is 14.4 Å². The average molecular weight is 832 g/mol. The van der Waals surface area contributed by atoms with Crippen LogP contribution in [0.5, 0.6) is 0 Å². The molecule has 5 nitrogen and oxygen atoms in total. The zero-order valence-electron chi connectivity index (χ0n) is 26.9. The molecule has 0 N–H and O–H groups in total. The second-order valence-corrected chi connectivity index (χ2v) is 23.4. The number of nitrogens with zero attached hydrogens (tertiary/aromatic N) is 4. The summed E-state index contributed by atoms with van der Waals surface area (Å²) in [7, 11) is 2.03. The third kappa shape index (κ3) is 6.69. The number of fused-ring (bicyclic) bond motifs is 4. The van der Waals surface area contributed by atoms with Crippen molar-refractivity contribution < 1.29 is 24.5 Å². The normalized spacial score (nSPS) is 11.6. The smallest absolute Gasteiger partial charge is 0.216 e. The second kappa shape index (κ2) is 13.4. The molecule has 0 spiro atoms. The van der Waals surface area contributed by atoms with Crippen molar-refractivity contribution in [2.24, 2.45) is 13.0 Å². The SMILES string of the molecule is CC(C)Cc1cc(-c2[c-]cccc2)nc[c]1[Ge]([CH3])([CH3])[CH3].Cc1cccc2nc(-c3[c-]ccc4c3oc3ncccc34)n(C)c12.[Ir]. The summed E-state index contributed by atoms with van der Waals surface area (Å²) in [5.41, 5.74) is 9.23. The molecule has 0 saturated heterocycles. The van der Waals surface area contributed by atoms with E-state index in [0.29, 0.717) is 11.6 Å². The largest absolute Gasteiger partial charge is 0.486 e. The van der Waals surface area contributed by atoms with Gasteiger partial charge in [-0.05, 0) is 30.7 Å². The van der Waals surface area contributed by atoms with E-state index >= 15 is 0 Å². The quantitative estimate of drug-likeness (QED) is 0.129. The number of furan rings is 1. The Bertz CT molecular complexity index is 2090. The molecular formula is C38H38GeIrN4O-2. The third-order valence-corrected chi connectivity index (χ3v) is 12.3. The van der Waals surface area contributed by atoms with E-state index in [9.17, 15) is 0 Å². The Morgan fingerprint density at radius 3 is 2.44 bits per heavy atom. The summed E-state index contributed by atoms with van der Waals surface area (Å²) >= 11 is -1.86. The van der Waals surface area contributed by atoms with Crippen molar-refractivity contribution in [1.82, 2.24) is 19.5 Å². The first-order valence-electron chi connectivity index (χ1n) is 15.2. The van der Waals surface area contributed by atoms with Crippen LogP contribution in [0.2, 0.25) is 17.3 Å². The molecule has 4 heterocycles. The minimum absolute atomic E-state index is 0. The number of benzene rings is 3. The fourth-order valence-corrected chi connectivity index (χ4v) is 9.25. The van der Waals surface area contributed by atoms with Crippen LogP contribution in [0, 0.1) is 25.0 Å². The number of hydrogen-bond donors (Lipinski definition) is 0. The zero-order chi connectivity index (χ0) is 31.0. The van der Waals surface area contributed by atoms with Gasteiger partial charge in [0.25, 0.3) is 0 Å². The van der Waals surface area contributed by atoms with Gasteiger partial charge < -0.3 is 8.98 Å². The molecule has 0 aliphatic heterocycles. The minimum Gasteiger partial charge on any atom is -0.486 e. The van der Waals surface area contributed by atoms with Crippen LogP contribution in [-0.2, 0) is 33.6 Å². The predicted octanol–water partition coefficient (Wildman–Crippen LogP) is 8.93. The Labute approximate surface area is 281 Å². The molecular weight excluding hydrogens is 793 g/mol. The van der Waals surface area contributed by atoms with Gasteiger partial charge in [0.2, 0.25) is 5.71 Å². The van der Waals surface area contributed by atoms with Gasteiger partial charge in [-0.25, -0.2) is 4.98 Å². The van der Waals surface area contributed by atoms with Gasteiger partial charge in [-0.1, -0.05) is 23.1 Å². The van der Waals surface area contributed by atoms with Crippen molar-refractivity contribution in [3.05, 3.63) is 108 Å². The number of hydrogen-bond acceptors (Lipinski definition) is 4. The van der Waals surface area contributed by atoms with Gasteiger partial charge in [0.05, 0.1) is 22.4 Å². The number of aromatic nitrogens is 4. The Balaban J connectivity index is 0.000000177. The molecule has 0 fully saturated rings. The molecule has 45 heavy (non-hydrogen) atoms. The van der Waals surface area contributed by atoms with Crippen LogP contribution in [0.1, 0.15) is 25.0 Å². The van der Waals surface area contributed by atoms with Crippen molar-refractivity contribution in [3.63, 3.8) is 0 Å². The van der Waals surface area contributed by atoms with Crippen LogP contribution in [0.3, 0.4) is 0 Å². The van der Waals surface area contributed by atoms with E-state index in [1.54, 1.807) is 10.6 Å². The van der Waals surface area contributed by atoms with E-state index in [1.807, 2.05) is 61.6 Å². The zero-order valence-corrected chi connectivity index (χ0v) is 31.4. The summed E-state index contributed by atoms with van der Waals surface area (Å²) in [6.07, 6.45) is 5.01. The van der Waals surface area contributed by atoms with E-state index in [2.05, 4.69) is 84.1 Å². The first-order valence-corrected chi connectivity index (χ1v) is 22.5. The Kier molecular flexibility index (Phi) is 9.78. The molecule has 0 bridgehead atoms. The maximum absolute atomic E-state index is 6.02. The maximum atomic E-state index is 6.02. The van der Waals surface area contributed by atoms with E-state index in [-0.39, 0.29) is 20.1 Å². The Morgan fingerprint density at radius 1 is 0.911 bits per heavy atom. The first-order chi connectivity index (χ1) is 21.1. The molecule has 0 unspecified atom stereocenters. The van der Waals surface area contributed by atoms with Crippen molar-refractivity contribution in [3.8, 4) is 22.6 Å². The van der Waals surface area contributed by atoms with Crippen LogP contribution in [0.4, 0.5) is 0 Å². The van der Waals surface area contributed by atoms with Crippen LogP contribution in [0.15, 0.2) is 89.6 Å². The standard InChI is InChI=1S/C20H14N3O.C18H24GeN.Ir/c1-12-6-3-10-16-17(12)23(2)19(22-16)15-8-4-7-13-14-9-5-11-21-20(14)24-18(13)15;1-14(2)11-16-12-18(15-9-7-6-8-10-15)20-13-17(16)19(3,4)5;/h3-7,9-11H,1-2H3;6-9,12-14H,11H2,1-5H3;/q2*-1;. The molecule has 7 rings (SSSR count). The monoisotopic (exact) mass is 833 g/mol. The fraction of sp³-hybridized carbons (Fsp3) is 0.237. The van der Waals surface area contributed by atoms with Crippen LogP contribution in [0.25, 0.3) is 55.7 Å². The Morgan fingerprint density at radius 2 is 1.73 bits per heavy atom. The van der Waals surface area contributed by atoms with Crippen molar-refractivity contribution in [1.29, 1.82) is 0 Å². The molecule has 0 saturated carbocycles. The van der Waals surface area contributed by atoms with Crippen LogP contribution < -0.4 is 4.40 Å². The summed E-state index contributed by atoms with van der Waals surface area (Å²) < 4.78 is 9.67. The number of rotatable bonds is 5. The van der Waals surface area contributed by atoms with Crippen molar-refractivity contribution >= 4 is 50.8 Å². The van der Waals surface area contributed by atoms with Gasteiger partial charge in [-0.3, -0.25) is 4.98 Å². The molecule has 231 valence electrons. The summed E-state index contributed by atoms with van der Waals surface area (Å²) in [6, 6.07) is 31.0. The third-order valence-electron chi connectivity index (χ3n) is 7.94. The van der Waals surface area contributed by atoms with Crippen LogP contribution in [-0.4, -0.2) is 32.8 Å². The molecule has 3 aromatic carbocycles. The molecule has 0 amide bonds. The number of pyridine rings is 2. The van der Waals surface area contributed by atoms with Crippen molar-refractivity contribution in [2.45, 2.75) is 44.5 Å². The van der Waals surface area contributed by atoms with Gasteiger partial charge in [-0.2, -0.15) is 0 Å². The minimum atomic E-state index is -1.86. The molecule has 7 aromatic rings. The predicted molar refractivity (Wildman–Crippen MR) is 185 cm³/mol. The van der Waals surface area contributed by atoms with Crippen LogP contribution >= 0.6 is 0 Å². The van der Waals surface area contributed by atoms with Gasteiger partial charge in [0.1, 0.15) is 0 Å². The molecule has 0 atom stereocenters. The molecule has 1 radical (unpaired) electrons. The van der Waals surface area contributed by atoms with E-state index in [0.717, 1.165) is 56.5 Å². The average Bonchev–Trinajstić information content (AvgIpc) is 3.55. The number of para-hydroxylation sites is 1. The first kappa shape index (κ1) is 32.8. The van der Waals surface area contributed by atoms with Gasteiger partial charge in [0, 0.05) is 38.7 Å². The Hall–Kier alpha value is -3.58. The second-order valence-electron chi connectivity index (χ2n) is 12.8. The maximum Gasteiger partial charge on any atom is 0.216 e. The molecule has 0 aliphatic rings. The van der Waals surface area contributed by atoms with Gasteiger partial charge in [-0.15, -0.1) is 18.2 Å². The topological polar surface area (TPSA) is 56.7 Å². The van der Waals surface area contributed by atoms with E-state index in [1.165, 1.54) is 11.1 Å². The molecule has 0 aliphatic carbocycles. The molecule has 4 aromatic heterocycles. The molecule has 7 heteroatoms. The summed E-state index contributed by atoms with van der Waals surface area (Å²) in [6.45, 7) is 6.67. The number of imidazole rings is 1. The number of aryl methyl sites for hydroxylation is 2. The summed E-state index contributed by atoms with van der Waals surface area (Å²) in [5.74, 6) is 8.84. The van der Waals surface area contributed by atoms with Crippen molar-refractivity contribution in [2.75, 3.05) is 0 Å². The van der Waals surface area contributed by atoms with Gasteiger partial charge >= 0.3 is 126 Å². The van der Waals surface area contributed by atoms with Gasteiger partial charge in [0.15, 0.2) is 0 Å². The summed E-state index contributed by atoms with van der Waals surface area (Å²) in [4.78, 5) is 13.8. The fourth-order valence-electron chi connectivity index (χ4n) is 5.91. The van der Waals surface area contributed by atoms with E-state index < -0.39 is 13.3 Å².